The summed E-state index contributed by atoms with van der Waals surface area (Å²) in [5, 5.41) is 0. The maximum absolute atomic E-state index is 13.1. The maximum atomic E-state index is 13.1. The van der Waals surface area contributed by atoms with Gasteiger partial charge in [0.25, 0.3) is 0 Å². The van der Waals surface area contributed by atoms with Gasteiger partial charge in [-0.05, 0) is 30.1 Å². The van der Waals surface area contributed by atoms with Crippen LogP contribution >= 0.6 is 0 Å². The first-order chi connectivity index (χ1) is 6.64. The molecule has 0 saturated heterocycles. The van der Waals surface area contributed by atoms with Gasteiger partial charge in [-0.1, -0.05) is 34.6 Å². The second-order valence-electron chi connectivity index (χ2n) is 5.59. The van der Waals surface area contributed by atoms with Gasteiger partial charge in [-0.25, -0.2) is 0 Å². The fourth-order valence-corrected chi connectivity index (χ4v) is 3.25. The third-order valence-electron chi connectivity index (χ3n) is 4.44. The fraction of sp³-hybridized carbons (Fsp3) is 1.00. The van der Waals surface area contributed by atoms with Crippen molar-refractivity contribution in [3.8, 4) is 0 Å². The average Bonchev–Trinajstić information content (AvgIpc) is 1.97. The number of hydrogen-bond acceptors (Lipinski definition) is 0. The van der Waals surface area contributed by atoms with Crippen LogP contribution in [-0.4, -0.2) is 6.18 Å². The van der Waals surface area contributed by atoms with Gasteiger partial charge in [0, 0.05) is 0 Å². The van der Waals surface area contributed by atoms with Crippen LogP contribution in [0.5, 0.6) is 0 Å². The summed E-state index contributed by atoms with van der Waals surface area (Å²) in [6, 6.07) is 0. The minimum absolute atomic E-state index is 0.231. The molecule has 3 heteroatoms. The van der Waals surface area contributed by atoms with Gasteiger partial charge in [-0.3, -0.25) is 0 Å². The molecule has 0 bridgehead atoms. The van der Waals surface area contributed by atoms with Crippen LogP contribution in [0, 0.1) is 29.1 Å². The van der Waals surface area contributed by atoms with Crippen LogP contribution in [0.25, 0.3) is 0 Å². The Morgan fingerprint density at radius 3 is 1.80 bits per heavy atom. The highest BCUT2D eigenvalue weighted by Gasteiger charge is 2.67. The molecule has 1 aliphatic carbocycles. The van der Waals surface area contributed by atoms with E-state index in [-0.39, 0.29) is 17.8 Å². The molecule has 0 aromatic heterocycles. The van der Waals surface area contributed by atoms with E-state index in [9.17, 15) is 13.2 Å². The number of halogens is 3. The second kappa shape index (κ2) is 3.67. The van der Waals surface area contributed by atoms with E-state index in [4.69, 9.17) is 0 Å². The predicted octanol–water partition coefficient (Wildman–Crippen LogP) is 4.50. The van der Waals surface area contributed by atoms with Crippen molar-refractivity contribution in [1.82, 2.24) is 0 Å². The van der Waals surface area contributed by atoms with Crippen molar-refractivity contribution in [3.63, 3.8) is 0 Å². The molecular formula is C12H21F3. The van der Waals surface area contributed by atoms with E-state index in [0.29, 0.717) is 12.3 Å². The highest BCUT2D eigenvalue weighted by Crippen LogP contribution is 2.65. The molecule has 0 N–H and O–H groups in total. The van der Waals surface area contributed by atoms with Crippen molar-refractivity contribution in [2.24, 2.45) is 29.1 Å². The topological polar surface area (TPSA) is 0 Å². The van der Waals surface area contributed by atoms with Gasteiger partial charge in [-0.15, -0.1) is 0 Å². The zero-order valence-corrected chi connectivity index (χ0v) is 10.2. The molecule has 15 heavy (non-hydrogen) atoms. The second-order valence-corrected chi connectivity index (χ2v) is 5.59. The molecule has 0 heterocycles. The maximum Gasteiger partial charge on any atom is 0.395 e. The van der Waals surface area contributed by atoms with Crippen molar-refractivity contribution >= 4 is 0 Å². The zero-order chi connectivity index (χ0) is 12.0. The molecule has 0 spiro atoms. The molecule has 3 atom stereocenters. The molecule has 1 fully saturated rings. The van der Waals surface area contributed by atoms with Crippen LogP contribution in [0.3, 0.4) is 0 Å². The third kappa shape index (κ3) is 1.68. The lowest BCUT2D eigenvalue weighted by atomic mass is 9.47. The van der Waals surface area contributed by atoms with Crippen LogP contribution in [0.2, 0.25) is 0 Å². The van der Waals surface area contributed by atoms with Crippen molar-refractivity contribution in [2.75, 3.05) is 0 Å². The largest absolute Gasteiger partial charge is 0.395 e. The normalized spacial score (nSPS) is 37.2. The van der Waals surface area contributed by atoms with Gasteiger partial charge in [0.15, 0.2) is 0 Å². The molecule has 1 rings (SSSR count). The Morgan fingerprint density at radius 1 is 1.13 bits per heavy atom. The first kappa shape index (κ1) is 12.9. The summed E-state index contributed by atoms with van der Waals surface area (Å²) in [6.45, 7) is 9.19. The SMILES string of the molecule is CC(C)C1CC(C(C)C)(C(F)(F)F)[C@@H]1C. The Labute approximate surface area is 90.2 Å². The van der Waals surface area contributed by atoms with Crippen molar-refractivity contribution in [2.45, 2.75) is 47.2 Å². The summed E-state index contributed by atoms with van der Waals surface area (Å²) in [5.41, 5.74) is -1.43. The van der Waals surface area contributed by atoms with E-state index in [2.05, 4.69) is 0 Å². The standard InChI is InChI=1S/C12H21F3/c1-7(2)10-6-11(8(3)4,9(10)5)12(13,14)15/h7-10H,6H2,1-5H3/t9-,10?,11?/m1/s1. The molecule has 0 amide bonds. The number of rotatable bonds is 2. The minimum Gasteiger partial charge on any atom is -0.170 e. The molecule has 0 radical (unpaired) electrons. The summed E-state index contributed by atoms with van der Waals surface area (Å²) in [5.74, 6) is 0.0308. The lowest BCUT2D eigenvalue weighted by Crippen LogP contribution is -2.59. The fourth-order valence-electron chi connectivity index (χ4n) is 3.25. The average molecular weight is 222 g/mol. The Bertz CT molecular complexity index is 230. The summed E-state index contributed by atoms with van der Waals surface area (Å²) >= 11 is 0. The molecule has 90 valence electrons. The van der Waals surface area contributed by atoms with Crippen molar-refractivity contribution in [1.29, 1.82) is 0 Å². The first-order valence-corrected chi connectivity index (χ1v) is 5.71. The van der Waals surface area contributed by atoms with Gasteiger partial charge >= 0.3 is 6.18 Å². The number of alkyl halides is 3. The van der Waals surface area contributed by atoms with E-state index < -0.39 is 11.6 Å². The molecular weight excluding hydrogens is 201 g/mol. The third-order valence-corrected chi connectivity index (χ3v) is 4.44. The van der Waals surface area contributed by atoms with Gasteiger partial charge in [-0.2, -0.15) is 13.2 Å². The van der Waals surface area contributed by atoms with Crippen LogP contribution in [-0.2, 0) is 0 Å². The molecule has 2 unspecified atom stereocenters. The van der Waals surface area contributed by atoms with E-state index in [0.717, 1.165) is 0 Å². The zero-order valence-electron chi connectivity index (χ0n) is 10.2. The van der Waals surface area contributed by atoms with Crippen LogP contribution < -0.4 is 0 Å². The van der Waals surface area contributed by atoms with E-state index in [1.54, 1.807) is 20.8 Å². The smallest absolute Gasteiger partial charge is 0.170 e. The van der Waals surface area contributed by atoms with Gasteiger partial charge in [0.05, 0.1) is 5.41 Å². The Balaban J connectivity index is 2.92. The van der Waals surface area contributed by atoms with Crippen molar-refractivity contribution < 1.29 is 13.2 Å². The van der Waals surface area contributed by atoms with Crippen LogP contribution in [0.4, 0.5) is 13.2 Å². The van der Waals surface area contributed by atoms with E-state index >= 15 is 0 Å². The van der Waals surface area contributed by atoms with Crippen molar-refractivity contribution in [3.05, 3.63) is 0 Å². The summed E-state index contributed by atoms with van der Waals surface area (Å²) in [4.78, 5) is 0. The molecule has 1 aliphatic rings. The summed E-state index contributed by atoms with van der Waals surface area (Å²) < 4.78 is 39.3. The number of hydrogen-bond donors (Lipinski definition) is 0. The molecule has 1 saturated carbocycles. The molecule has 0 aromatic carbocycles. The highest BCUT2D eigenvalue weighted by molar-refractivity contribution is 5.05. The summed E-state index contributed by atoms with van der Waals surface area (Å²) in [6.07, 6.45) is -3.74. The Morgan fingerprint density at radius 2 is 1.60 bits per heavy atom. The van der Waals surface area contributed by atoms with E-state index in [1.165, 1.54) is 0 Å². The summed E-state index contributed by atoms with van der Waals surface area (Å²) in [7, 11) is 0. The quantitative estimate of drug-likeness (QED) is 0.645. The Kier molecular flexibility index (Phi) is 3.15. The lowest BCUT2D eigenvalue weighted by molar-refractivity contribution is -0.310. The first-order valence-electron chi connectivity index (χ1n) is 5.71. The van der Waals surface area contributed by atoms with Gasteiger partial charge in [0.2, 0.25) is 0 Å². The highest BCUT2D eigenvalue weighted by atomic mass is 19.4. The van der Waals surface area contributed by atoms with Crippen LogP contribution in [0.1, 0.15) is 41.0 Å². The molecule has 0 aliphatic heterocycles. The molecule has 0 nitrogen and oxygen atoms in total. The van der Waals surface area contributed by atoms with E-state index in [1.807, 2.05) is 13.8 Å². The molecule has 0 aromatic rings. The monoisotopic (exact) mass is 222 g/mol. The lowest BCUT2D eigenvalue weighted by Gasteiger charge is -2.58. The van der Waals surface area contributed by atoms with Gasteiger partial charge in [0.1, 0.15) is 0 Å². The minimum atomic E-state index is -4.05. The predicted molar refractivity (Wildman–Crippen MR) is 55.4 cm³/mol. The van der Waals surface area contributed by atoms with Crippen LogP contribution in [0.15, 0.2) is 0 Å². The Hall–Kier alpha value is -0.210. The van der Waals surface area contributed by atoms with Gasteiger partial charge < -0.3 is 0 Å².